The molecule has 0 atom stereocenters. The van der Waals surface area contributed by atoms with Gasteiger partial charge in [-0.1, -0.05) is 6.08 Å². The number of carbonyl (C=O) groups is 1. The summed E-state index contributed by atoms with van der Waals surface area (Å²) in [4.78, 5) is 14.2. The molecule has 0 saturated carbocycles. The maximum Gasteiger partial charge on any atom is 0.139 e. The topological polar surface area (TPSA) is 53.0 Å². The summed E-state index contributed by atoms with van der Waals surface area (Å²) < 4.78 is 0. The second-order valence-electron chi connectivity index (χ2n) is 2.28. The highest BCUT2D eigenvalue weighted by Gasteiger charge is 1.98. The fraction of sp³-hybridized carbons (Fsp3) is 0.250. The minimum absolute atomic E-state index is 0.0190. The van der Waals surface area contributed by atoms with E-state index in [1.165, 1.54) is 0 Å². The number of hydrogen-bond acceptors (Lipinski definition) is 5. The maximum atomic E-state index is 10.3. The van der Waals surface area contributed by atoms with Gasteiger partial charge in [0.15, 0.2) is 0 Å². The zero-order chi connectivity index (χ0) is 9.68. The van der Waals surface area contributed by atoms with Crippen LogP contribution in [0.1, 0.15) is 21.9 Å². The molecule has 0 spiro atoms. The van der Waals surface area contributed by atoms with E-state index in [1.807, 2.05) is 6.08 Å². The predicted molar refractivity (Wildman–Crippen MR) is 53.9 cm³/mol. The average molecular weight is 214 g/mol. The number of carboxylic acid groups (broad SMARTS) is 1. The van der Waals surface area contributed by atoms with Gasteiger partial charge in [-0.25, -0.2) is 4.98 Å². The van der Waals surface area contributed by atoms with Crippen LogP contribution in [-0.4, -0.2) is 16.7 Å². The molecular weight excluding hydrogens is 206 g/mol. The van der Waals surface area contributed by atoms with E-state index in [0.717, 1.165) is 23.5 Å². The van der Waals surface area contributed by atoms with Crippen LogP contribution in [0.15, 0.2) is 11.5 Å². The van der Waals surface area contributed by atoms with E-state index >= 15 is 0 Å². The molecule has 70 valence electrons. The van der Waals surface area contributed by atoms with E-state index < -0.39 is 5.97 Å². The molecule has 0 radical (unpaired) electrons. The summed E-state index contributed by atoms with van der Waals surface area (Å²) in [6.07, 6.45) is 4.53. The summed E-state index contributed by atoms with van der Waals surface area (Å²) in [6, 6.07) is 0. The molecule has 0 saturated heterocycles. The summed E-state index contributed by atoms with van der Waals surface area (Å²) in [5.41, 5.74) is 0.658. The largest absolute Gasteiger partial charge is 0.542 e. The van der Waals surface area contributed by atoms with Crippen LogP contribution in [0.5, 0.6) is 0 Å². The van der Waals surface area contributed by atoms with Crippen molar-refractivity contribution in [3.63, 3.8) is 0 Å². The zero-order valence-electron chi connectivity index (χ0n) is 6.77. The van der Waals surface area contributed by atoms with E-state index in [-0.39, 0.29) is 5.01 Å². The van der Waals surface area contributed by atoms with Crippen LogP contribution in [0, 0.1) is 0 Å². The third kappa shape index (κ3) is 3.20. The number of carboxylic acids is 1. The van der Waals surface area contributed by atoms with Gasteiger partial charge in [-0.3, -0.25) is 0 Å². The average Bonchev–Trinajstić information content (AvgIpc) is 2.53. The number of rotatable bonds is 4. The first-order valence-electron chi connectivity index (χ1n) is 3.68. The lowest BCUT2D eigenvalue weighted by Gasteiger charge is -1.91. The maximum absolute atomic E-state index is 10.3. The van der Waals surface area contributed by atoms with Crippen molar-refractivity contribution in [2.24, 2.45) is 0 Å². The monoisotopic (exact) mass is 214 g/mol. The highest BCUT2D eigenvalue weighted by molar-refractivity contribution is 7.80. The van der Waals surface area contributed by atoms with Crippen LogP contribution in [0.4, 0.5) is 0 Å². The molecule has 0 bridgehead atoms. The predicted octanol–water partition coefficient (Wildman–Crippen LogP) is 0.840. The standard InChI is InChI=1S/C8H9NO2S2/c10-8(11)7-9-6(5-13-7)3-1-2-4-12/h1,3,5,12H,2,4H2,(H,10,11)/p-1. The lowest BCUT2D eigenvalue weighted by Crippen LogP contribution is -2.21. The Balaban J connectivity index is 2.64. The van der Waals surface area contributed by atoms with E-state index in [2.05, 4.69) is 17.6 Å². The Labute approximate surface area is 85.5 Å². The molecule has 0 aliphatic heterocycles. The molecule has 0 aromatic carbocycles. The van der Waals surface area contributed by atoms with Crippen LogP contribution in [-0.2, 0) is 0 Å². The van der Waals surface area contributed by atoms with Gasteiger partial charge in [-0.05, 0) is 18.2 Å². The number of hydrogen-bond donors (Lipinski definition) is 1. The third-order valence-corrected chi connectivity index (χ3v) is 2.38. The number of thiol groups is 1. The Bertz CT molecular complexity index is 320. The van der Waals surface area contributed by atoms with Crippen molar-refractivity contribution >= 4 is 36.0 Å². The number of allylic oxidation sites excluding steroid dienone is 1. The zero-order valence-corrected chi connectivity index (χ0v) is 8.48. The molecular formula is C8H8NO2S2-. The third-order valence-electron chi connectivity index (χ3n) is 1.28. The lowest BCUT2D eigenvalue weighted by molar-refractivity contribution is -0.255. The van der Waals surface area contributed by atoms with Crippen molar-refractivity contribution < 1.29 is 9.90 Å². The Morgan fingerprint density at radius 2 is 2.54 bits per heavy atom. The number of aromatic carboxylic acids is 1. The van der Waals surface area contributed by atoms with Gasteiger partial charge < -0.3 is 9.90 Å². The summed E-state index contributed by atoms with van der Waals surface area (Å²) >= 11 is 5.10. The van der Waals surface area contributed by atoms with Gasteiger partial charge in [0.25, 0.3) is 0 Å². The van der Waals surface area contributed by atoms with Crippen molar-refractivity contribution in [3.8, 4) is 0 Å². The van der Waals surface area contributed by atoms with Gasteiger partial charge in [-0.2, -0.15) is 12.6 Å². The summed E-state index contributed by atoms with van der Waals surface area (Å²) in [7, 11) is 0. The van der Waals surface area contributed by atoms with Crippen LogP contribution >= 0.6 is 24.0 Å². The smallest absolute Gasteiger partial charge is 0.139 e. The van der Waals surface area contributed by atoms with Crippen molar-refractivity contribution in [3.05, 3.63) is 22.2 Å². The van der Waals surface area contributed by atoms with Gasteiger partial charge in [0, 0.05) is 5.38 Å². The molecule has 0 unspecified atom stereocenters. The summed E-state index contributed by atoms with van der Waals surface area (Å²) in [5.74, 6) is -0.451. The van der Waals surface area contributed by atoms with Gasteiger partial charge in [0.05, 0.1) is 5.69 Å². The summed E-state index contributed by atoms with van der Waals surface area (Å²) in [5, 5.41) is 12.0. The van der Waals surface area contributed by atoms with E-state index in [1.54, 1.807) is 11.5 Å². The molecule has 13 heavy (non-hydrogen) atoms. The molecule has 0 amide bonds. The number of nitrogens with zero attached hydrogens (tertiary/aromatic N) is 1. The Hall–Kier alpha value is -0.810. The molecule has 3 nitrogen and oxygen atoms in total. The van der Waals surface area contributed by atoms with Gasteiger partial charge in [-0.15, -0.1) is 11.3 Å². The molecule has 1 heterocycles. The SMILES string of the molecule is O=C([O-])c1nc(C=CCCS)cs1. The highest BCUT2D eigenvalue weighted by atomic mass is 32.1. The molecule has 0 fully saturated rings. The van der Waals surface area contributed by atoms with Crippen LogP contribution in [0.2, 0.25) is 0 Å². The van der Waals surface area contributed by atoms with Crippen LogP contribution in [0.25, 0.3) is 6.08 Å². The summed E-state index contributed by atoms with van der Waals surface area (Å²) in [6.45, 7) is 0. The van der Waals surface area contributed by atoms with Gasteiger partial charge in [0.1, 0.15) is 11.0 Å². The Morgan fingerprint density at radius 1 is 1.77 bits per heavy atom. The molecule has 0 N–H and O–H groups in total. The van der Waals surface area contributed by atoms with Gasteiger partial charge in [0.2, 0.25) is 0 Å². The molecule has 1 aromatic heterocycles. The Morgan fingerprint density at radius 3 is 3.08 bits per heavy atom. The van der Waals surface area contributed by atoms with Crippen LogP contribution < -0.4 is 5.11 Å². The Kier molecular flexibility index (Phi) is 3.98. The van der Waals surface area contributed by atoms with Crippen LogP contribution in [0.3, 0.4) is 0 Å². The number of aromatic nitrogens is 1. The first-order chi connectivity index (χ1) is 6.24. The van der Waals surface area contributed by atoms with Crippen molar-refractivity contribution in [2.45, 2.75) is 6.42 Å². The second kappa shape index (κ2) is 5.04. The van der Waals surface area contributed by atoms with Gasteiger partial charge >= 0.3 is 0 Å². The van der Waals surface area contributed by atoms with Crippen molar-refractivity contribution in [1.82, 2.24) is 4.98 Å². The van der Waals surface area contributed by atoms with E-state index in [9.17, 15) is 9.90 Å². The molecule has 1 rings (SSSR count). The van der Waals surface area contributed by atoms with E-state index in [4.69, 9.17) is 0 Å². The fourth-order valence-corrected chi connectivity index (χ4v) is 1.50. The quantitative estimate of drug-likeness (QED) is 0.756. The first-order valence-corrected chi connectivity index (χ1v) is 5.19. The molecule has 0 aliphatic carbocycles. The van der Waals surface area contributed by atoms with Crippen molar-refractivity contribution in [2.75, 3.05) is 5.75 Å². The minimum atomic E-state index is -1.22. The first kappa shape index (κ1) is 10.3. The molecule has 5 heteroatoms. The minimum Gasteiger partial charge on any atom is -0.542 e. The van der Waals surface area contributed by atoms with Crippen molar-refractivity contribution in [1.29, 1.82) is 0 Å². The molecule has 1 aromatic rings. The van der Waals surface area contributed by atoms with E-state index in [0.29, 0.717) is 5.69 Å². The number of carbonyl (C=O) groups excluding carboxylic acids is 1. The normalized spacial score (nSPS) is 10.8. The highest BCUT2D eigenvalue weighted by Crippen LogP contribution is 2.10. The molecule has 0 aliphatic rings. The fourth-order valence-electron chi connectivity index (χ4n) is 0.735. The lowest BCUT2D eigenvalue weighted by atomic mass is 10.3. The number of thiazole rings is 1. The second-order valence-corrected chi connectivity index (χ2v) is 3.58.